The van der Waals surface area contributed by atoms with Gasteiger partial charge in [-0.2, -0.15) is 0 Å². The smallest absolute Gasteiger partial charge is 0.258 e. The number of anilines is 1. The zero-order valence-electron chi connectivity index (χ0n) is 15.6. The number of nitrogens with zero attached hydrogens (tertiary/aromatic N) is 1. The van der Waals surface area contributed by atoms with Gasteiger partial charge in [-0.3, -0.25) is 4.79 Å². The van der Waals surface area contributed by atoms with Crippen molar-refractivity contribution < 1.29 is 13.2 Å². The van der Waals surface area contributed by atoms with E-state index in [1.165, 1.54) is 12.1 Å². The number of sulfonamides is 1. The maximum Gasteiger partial charge on any atom is 0.258 e. The molecule has 3 rings (SSSR count). The third kappa shape index (κ3) is 4.65. The third-order valence-electron chi connectivity index (χ3n) is 4.35. The van der Waals surface area contributed by atoms with E-state index in [4.69, 9.17) is 0 Å². The maximum absolute atomic E-state index is 12.8. The van der Waals surface area contributed by atoms with Crippen molar-refractivity contribution in [1.29, 1.82) is 0 Å². The first-order chi connectivity index (χ1) is 13.5. The first-order valence-electron chi connectivity index (χ1n) is 9.02. The van der Waals surface area contributed by atoms with Crippen molar-refractivity contribution in [2.75, 3.05) is 11.4 Å². The van der Waals surface area contributed by atoms with Gasteiger partial charge >= 0.3 is 0 Å². The van der Waals surface area contributed by atoms with Crippen LogP contribution in [0.3, 0.4) is 0 Å². The summed E-state index contributed by atoms with van der Waals surface area (Å²) in [4.78, 5) is 14.6. The average molecular weight is 394 g/mol. The van der Waals surface area contributed by atoms with Crippen molar-refractivity contribution in [2.24, 2.45) is 0 Å². The molecule has 0 spiro atoms. The van der Waals surface area contributed by atoms with Crippen LogP contribution in [0.2, 0.25) is 0 Å². The van der Waals surface area contributed by atoms with E-state index in [0.29, 0.717) is 12.1 Å². The van der Waals surface area contributed by atoms with E-state index in [0.717, 1.165) is 11.3 Å². The second kappa shape index (κ2) is 8.82. The molecule has 6 heteroatoms. The molecule has 3 aromatic rings. The van der Waals surface area contributed by atoms with Crippen LogP contribution in [0.1, 0.15) is 22.8 Å². The Hall–Kier alpha value is -2.96. The molecule has 0 unspecified atom stereocenters. The summed E-state index contributed by atoms with van der Waals surface area (Å²) >= 11 is 0. The lowest BCUT2D eigenvalue weighted by Gasteiger charge is -2.21. The Morgan fingerprint density at radius 3 is 2.00 bits per heavy atom. The van der Waals surface area contributed by atoms with E-state index in [1.807, 2.05) is 67.6 Å². The molecule has 0 bridgehead atoms. The highest BCUT2D eigenvalue weighted by Gasteiger charge is 2.18. The normalized spacial score (nSPS) is 11.2. The van der Waals surface area contributed by atoms with Crippen LogP contribution in [0.5, 0.6) is 0 Å². The number of hydrogen-bond acceptors (Lipinski definition) is 3. The van der Waals surface area contributed by atoms with Crippen LogP contribution in [0.15, 0.2) is 89.8 Å². The molecule has 0 radical (unpaired) electrons. The van der Waals surface area contributed by atoms with E-state index in [1.54, 1.807) is 17.0 Å². The predicted octanol–water partition coefficient (Wildman–Crippen LogP) is 3.83. The number of carbonyl (C=O) groups excluding carboxylic acids is 1. The zero-order valence-corrected chi connectivity index (χ0v) is 16.4. The van der Waals surface area contributed by atoms with E-state index < -0.39 is 10.0 Å². The summed E-state index contributed by atoms with van der Waals surface area (Å²) in [6.07, 6.45) is 0. The fraction of sp³-hybridized carbons (Fsp3) is 0.136. The van der Waals surface area contributed by atoms with Crippen LogP contribution in [-0.2, 0) is 16.6 Å². The van der Waals surface area contributed by atoms with Crippen molar-refractivity contribution >= 4 is 21.6 Å². The van der Waals surface area contributed by atoms with Crippen LogP contribution < -0.4 is 9.62 Å². The summed E-state index contributed by atoms with van der Waals surface area (Å²) < 4.78 is 27.6. The molecule has 0 aliphatic heterocycles. The Labute approximate surface area is 165 Å². The molecule has 5 nitrogen and oxygen atoms in total. The van der Waals surface area contributed by atoms with Crippen LogP contribution in [0.25, 0.3) is 0 Å². The largest absolute Gasteiger partial charge is 0.309 e. The van der Waals surface area contributed by atoms with Crippen LogP contribution in [0, 0.1) is 0 Å². The van der Waals surface area contributed by atoms with E-state index >= 15 is 0 Å². The minimum atomic E-state index is -3.65. The SMILES string of the molecule is CCN(C(=O)c1ccc(S(=O)(=O)NCc2ccccc2)cc1)c1ccccc1. The summed E-state index contributed by atoms with van der Waals surface area (Å²) in [5.41, 5.74) is 2.11. The van der Waals surface area contributed by atoms with Gasteiger partial charge in [-0.25, -0.2) is 13.1 Å². The lowest BCUT2D eigenvalue weighted by Crippen LogP contribution is -2.30. The predicted molar refractivity (Wildman–Crippen MR) is 111 cm³/mol. The van der Waals surface area contributed by atoms with Crippen LogP contribution >= 0.6 is 0 Å². The Morgan fingerprint density at radius 2 is 1.43 bits per heavy atom. The molecule has 0 aromatic heterocycles. The molecule has 0 saturated heterocycles. The molecule has 1 amide bonds. The Kier molecular flexibility index (Phi) is 6.23. The molecule has 0 fully saturated rings. The van der Waals surface area contributed by atoms with Gasteiger partial charge in [0.25, 0.3) is 5.91 Å². The molecular weight excluding hydrogens is 372 g/mol. The lowest BCUT2D eigenvalue weighted by molar-refractivity contribution is 0.0988. The fourth-order valence-electron chi connectivity index (χ4n) is 2.84. The van der Waals surface area contributed by atoms with Gasteiger partial charge in [0.15, 0.2) is 0 Å². The highest BCUT2D eigenvalue weighted by molar-refractivity contribution is 7.89. The molecule has 0 atom stereocenters. The summed E-state index contributed by atoms with van der Waals surface area (Å²) in [7, 11) is -3.65. The standard InChI is InChI=1S/C22H22N2O3S/c1-2-24(20-11-7-4-8-12-20)22(25)19-13-15-21(16-14-19)28(26,27)23-17-18-9-5-3-6-10-18/h3-16,23H,2,17H2,1H3. The highest BCUT2D eigenvalue weighted by atomic mass is 32.2. The third-order valence-corrected chi connectivity index (χ3v) is 5.77. The van der Waals surface area contributed by atoms with Crippen molar-refractivity contribution in [2.45, 2.75) is 18.4 Å². The van der Waals surface area contributed by atoms with Crippen LogP contribution in [0.4, 0.5) is 5.69 Å². The number of para-hydroxylation sites is 1. The van der Waals surface area contributed by atoms with Crippen LogP contribution in [-0.4, -0.2) is 20.9 Å². The van der Waals surface area contributed by atoms with Gasteiger partial charge in [0.1, 0.15) is 0 Å². The number of hydrogen-bond donors (Lipinski definition) is 1. The molecule has 1 N–H and O–H groups in total. The topological polar surface area (TPSA) is 66.5 Å². The van der Waals surface area contributed by atoms with Gasteiger partial charge in [-0.1, -0.05) is 48.5 Å². The minimum absolute atomic E-state index is 0.128. The van der Waals surface area contributed by atoms with Crippen molar-refractivity contribution in [1.82, 2.24) is 4.72 Å². The van der Waals surface area contributed by atoms with Gasteiger partial charge in [0.2, 0.25) is 10.0 Å². The first-order valence-corrected chi connectivity index (χ1v) is 10.5. The number of amides is 1. The van der Waals surface area contributed by atoms with Crippen molar-refractivity contribution in [3.8, 4) is 0 Å². The summed E-state index contributed by atoms with van der Waals surface area (Å²) in [6, 6.07) is 24.7. The number of benzene rings is 3. The summed E-state index contributed by atoms with van der Waals surface area (Å²) in [5.74, 6) is -0.171. The first kappa shape index (κ1) is 19.8. The Morgan fingerprint density at radius 1 is 0.857 bits per heavy atom. The van der Waals surface area contributed by atoms with E-state index in [9.17, 15) is 13.2 Å². The zero-order chi connectivity index (χ0) is 20.0. The average Bonchev–Trinajstić information content (AvgIpc) is 2.74. The Bertz CT molecular complexity index is 1020. The molecule has 0 aliphatic rings. The molecule has 0 saturated carbocycles. The van der Waals surface area contributed by atoms with Gasteiger partial charge in [-0.05, 0) is 48.9 Å². The Balaban J connectivity index is 1.74. The monoisotopic (exact) mass is 394 g/mol. The van der Waals surface area contributed by atoms with Gasteiger partial charge in [0, 0.05) is 24.3 Å². The van der Waals surface area contributed by atoms with E-state index in [-0.39, 0.29) is 17.3 Å². The molecule has 3 aromatic carbocycles. The molecule has 0 heterocycles. The van der Waals surface area contributed by atoms with Crippen molar-refractivity contribution in [3.63, 3.8) is 0 Å². The van der Waals surface area contributed by atoms with Crippen molar-refractivity contribution in [3.05, 3.63) is 96.1 Å². The fourth-order valence-corrected chi connectivity index (χ4v) is 3.86. The maximum atomic E-state index is 12.8. The second-order valence-corrected chi connectivity index (χ2v) is 7.99. The second-order valence-electron chi connectivity index (χ2n) is 6.22. The van der Waals surface area contributed by atoms with Gasteiger partial charge < -0.3 is 4.90 Å². The quantitative estimate of drug-likeness (QED) is 0.662. The van der Waals surface area contributed by atoms with Gasteiger partial charge in [0.05, 0.1) is 4.90 Å². The summed E-state index contributed by atoms with van der Waals surface area (Å²) in [6.45, 7) is 2.63. The van der Waals surface area contributed by atoms with E-state index in [2.05, 4.69) is 4.72 Å². The number of carbonyl (C=O) groups is 1. The summed E-state index contributed by atoms with van der Waals surface area (Å²) in [5, 5.41) is 0. The molecule has 0 aliphatic carbocycles. The number of rotatable bonds is 7. The van der Waals surface area contributed by atoms with Gasteiger partial charge in [-0.15, -0.1) is 0 Å². The number of nitrogens with one attached hydrogen (secondary N) is 1. The highest BCUT2D eigenvalue weighted by Crippen LogP contribution is 2.18. The lowest BCUT2D eigenvalue weighted by atomic mass is 10.2. The molecule has 28 heavy (non-hydrogen) atoms. The minimum Gasteiger partial charge on any atom is -0.309 e. The molecular formula is C22H22N2O3S. The molecule has 144 valence electrons.